The lowest BCUT2D eigenvalue weighted by atomic mass is 10.1. The fraction of sp³-hybridized carbons (Fsp3) is 0.250. The van der Waals surface area contributed by atoms with E-state index >= 15 is 0 Å². The lowest BCUT2D eigenvalue weighted by Crippen LogP contribution is -2.14. The molecule has 0 aromatic heterocycles. The molecule has 0 amide bonds. The van der Waals surface area contributed by atoms with E-state index in [1.54, 1.807) is 0 Å². The van der Waals surface area contributed by atoms with Crippen molar-refractivity contribution in [2.24, 2.45) is 5.73 Å². The first kappa shape index (κ1) is 5.69. The number of rotatable bonds is 2. The minimum atomic E-state index is -2.49. The molecule has 0 bridgehead atoms. The molecule has 60 valence electrons. The van der Waals surface area contributed by atoms with E-state index in [2.05, 4.69) is 0 Å². The van der Waals surface area contributed by atoms with Crippen LogP contribution in [-0.4, -0.2) is 11.7 Å². The SMILES string of the molecule is [2H]C([2H])(O)[C@@H](N)c1ccc(F)cc1. The Labute approximate surface area is 67.3 Å². The van der Waals surface area contributed by atoms with E-state index in [0.29, 0.717) is 5.56 Å². The zero-order valence-corrected chi connectivity index (χ0v) is 5.79. The Morgan fingerprint density at radius 1 is 1.55 bits per heavy atom. The molecular formula is C8H10FNO. The van der Waals surface area contributed by atoms with Gasteiger partial charge in [-0.3, -0.25) is 0 Å². The first-order chi connectivity index (χ1) is 5.91. The Balaban J connectivity index is 2.90. The molecule has 0 radical (unpaired) electrons. The van der Waals surface area contributed by atoms with E-state index in [9.17, 15) is 4.39 Å². The fourth-order valence-corrected chi connectivity index (χ4v) is 0.745. The van der Waals surface area contributed by atoms with Crippen LogP contribution in [0.2, 0.25) is 0 Å². The lowest BCUT2D eigenvalue weighted by molar-refractivity contribution is 0.268. The van der Waals surface area contributed by atoms with Gasteiger partial charge in [0.05, 0.1) is 15.3 Å². The summed E-state index contributed by atoms with van der Waals surface area (Å²) in [6.07, 6.45) is 0. The summed E-state index contributed by atoms with van der Waals surface area (Å²) >= 11 is 0. The molecule has 2 nitrogen and oxygen atoms in total. The van der Waals surface area contributed by atoms with Crippen LogP contribution in [0.3, 0.4) is 0 Å². The van der Waals surface area contributed by atoms with Crippen LogP contribution in [0.4, 0.5) is 4.39 Å². The summed E-state index contributed by atoms with van der Waals surface area (Å²) in [7, 11) is 0. The van der Waals surface area contributed by atoms with Crippen molar-refractivity contribution in [1.29, 1.82) is 0 Å². The highest BCUT2D eigenvalue weighted by Crippen LogP contribution is 2.09. The van der Waals surface area contributed by atoms with Gasteiger partial charge in [-0.25, -0.2) is 4.39 Å². The van der Waals surface area contributed by atoms with Crippen molar-refractivity contribution in [1.82, 2.24) is 0 Å². The van der Waals surface area contributed by atoms with Crippen LogP contribution in [-0.2, 0) is 0 Å². The van der Waals surface area contributed by atoms with Crippen molar-refractivity contribution in [2.45, 2.75) is 6.04 Å². The van der Waals surface area contributed by atoms with Gasteiger partial charge < -0.3 is 10.8 Å². The summed E-state index contributed by atoms with van der Waals surface area (Å²) < 4.78 is 26.3. The van der Waals surface area contributed by atoms with Crippen molar-refractivity contribution >= 4 is 0 Å². The zero-order valence-electron chi connectivity index (χ0n) is 7.79. The smallest absolute Gasteiger partial charge is 0.123 e. The molecule has 0 fully saturated rings. The number of halogens is 1. The van der Waals surface area contributed by atoms with E-state index in [0.717, 1.165) is 0 Å². The normalized spacial score (nSPS) is 17.0. The van der Waals surface area contributed by atoms with E-state index < -0.39 is 18.4 Å². The summed E-state index contributed by atoms with van der Waals surface area (Å²) in [6.45, 7) is -2.49. The second kappa shape index (κ2) is 3.46. The molecular weight excluding hydrogens is 145 g/mol. The molecule has 0 aliphatic rings. The molecule has 1 aromatic carbocycles. The summed E-state index contributed by atoms with van der Waals surface area (Å²) in [5.41, 5.74) is 5.73. The monoisotopic (exact) mass is 157 g/mol. The van der Waals surface area contributed by atoms with Crippen LogP contribution in [0.15, 0.2) is 24.3 Å². The van der Waals surface area contributed by atoms with Crippen LogP contribution in [0.5, 0.6) is 0 Å². The Kier molecular flexibility index (Phi) is 1.79. The number of nitrogens with two attached hydrogens (primary N) is 1. The minimum Gasteiger partial charge on any atom is -0.394 e. The summed E-state index contributed by atoms with van der Waals surface area (Å²) in [5, 5.41) is 8.92. The van der Waals surface area contributed by atoms with Crippen molar-refractivity contribution in [3.8, 4) is 0 Å². The highest BCUT2D eigenvalue weighted by atomic mass is 19.1. The van der Waals surface area contributed by atoms with E-state index in [4.69, 9.17) is 13.6 Å². The maximum atomic E-state index is 12.4. The molecule has 0 saturated heterocycles. The Bertz CT molecular complexity index is 283. The van der Waals surface area contributed by atoms with Crippen molar-refractivity contribution < 1.29 is 12.2 Å². The average Bonchev–Trinajstić information content (AvgIpc) is 2.03. The quantitative estimate of drug-likeness (QED) is 0.667. The molecule has 1 aromatic rings. The van der Waals surface area contributed by atoms with E-state index in [-0.39, 0.29) is 0 Å². The molecule has 0 aliphatic carbocycles. The molecule has 3 heteroatoms. The summed E-state index contributed by atoms with van der Waals surface area (Å²) in [4.78, 5) is 0. The van der Waals surface area contributed by atoms with Crippen LogP contribution in [0.1, 0.15) is 14.3 Å². The average molecular weight is 157 g/mol. The summed E-state index contributed by atoms with van der Waals surface area (Å²) in [5.74, 6) is -0.422. The topological polar surface area (TPSA) is 46.2 Å². The Morgan fingerprint density at radius 2 is 2.09 bits per heavy atom. The van der Waals surface area contributed by atoms with Crippen molar-refractivity contribution in [3.05, 3.63) is 35.6 Å². The standard InChI is InChI=1S/C8H10FNO/c9-7-3-1-6(2-4-7)8(10)5-11/h1-4,8,11H,5,10H2/t8-/m1/s1/i5D2. The molecule has 0 aliphatic heterocycles. The Morgan fingerprint density at radius 3 is 2.55 bits per heavy atom. The van der Waals surface area contributed by atoms with Gasteiger partial charge >= 0.3 is 0 Å². The first-order valence-electron chi connectivity index (χ1n) is 4.14. The van der Waals surface area contributed by atoms with Crippen LogP contribution in [0.25, 0.3) is 0 Å². The Hall–Kier alpha value is -0.930. The molecule has 1 atom stereocenters. The first-order valence-corrected chi connectivity index (χ1v) is 3.14. The highest BCUT2D eigenvalue weighted by molar-refractivity contribution is 5.19. The number of hydrogen-bond donors (Lipinski definition) is 2. The number of hydrogen-bond acceptors (Lipinski definition) is 2. The molecule has 0 heterocycles. The van der Waals surface area contributed by atoms with E-state index in [1.165, 1.54) is 24.3 Å². The third-order valence-corrected chi connectivity index (χ3v) is 1.37. The van der Waals surface area contributed by atoms with Gasteiger partial charge in [0.1, 0.15) is 5.82 Å². The van der Waals surface area contributed by atoms with Crippen LogP contribution in [0, 0.1) is 5.82 Å². The molecule has 11 heavy (non-hydrogen) atoms. The predicted molar refractivity (Wildman–Crippen MR) is 40.4 cm³/mol. The molecule has 3 N–H and O–H groups in total. The van der Waals surface area contributed by atoms with Gasteiger partial charge in [0.25, 0.3) is 0 Å². The second-order valence-corrected chi connectivity index (χ2v) is 2.16. The fourth-order valence-electron chi connectivity index (χ4n) is 0.745. The van der Waals surface area contributed by atoms with Gasteiger partial charge in [0.2, 0.25) is 0 Å². The third-order valence-electron chi connectivity index (χ3n) is 1.37. The van der Waals surface area contributed by atoms with Crippen LogP contribution >= 0.6 is 0 Å². The van der Waals surface area contributed by atoms with Gasteiger partial charge in [0, 0.05) is 0 Å². The van der Waals surface area contributed by atoms with Crippen LogP contribution < -0.4 is 5.73 Å². The lowest BCUT2D eigenvalue weighted by Gasteiger charge is -2.06. The number of aliphatic hydroxyl groups is 1. The second-order valence-electron chi connectivity index (χ2n) is 2.16. The molecule has 0 spiro atoms. The highest BCUT2D eigenvalue weighted by Gasteiger charge is 2.02. The molecule has 1 rings (SSSR count). The van der Waals surface area contributed by atoms with Gasteiger partial charge in [-0.05, 0) is 17.7 Å². The molecule has 0 saturated carbocycles. The van der Waals surface area contributed by atoms with Gasteiger partial charge in [-0.15, -0.1) is 0 Å². The third kappa shape index (κ3) is 2.00. The largest absolute Gasteiger partial charge is 0.394 e. The minimum absolute atomic E-state index is 0.355. The maximum absolute atomic E-state index is 12.4. The van der Waals surface area contributed by atoms with Gasteiger partial charge in [-0.2, -0.15) is 0 Å². The molecule has 0 unspecified atom stereocenters. The van der Waals surface area contributed by atoms with Gasteiger partial charge in [-0.1, -0.05) is 12.1 Å². The van der Waals surface area contributed by atoms with Crippen molar-refractivity contribution in [3.63, 3.8) is 0 Å². The van der Waals surface area contributed by atoms with Crippen molar-refractivity contribution in [2.75, 3.05) is 6.56 Å². The number of benzene rings is 1. The maximum Gasteiger partial charge on any atom is 0.123 e. The summed E-state index contributed by atoms with van der Waals surface area (Å²) in [6, 6.07) is 3.86. The zero-order chi connectivity index (χ0) is 10.1. The predicted octanol–water partition coefficient (Wildman–Crippen LogP) is 0.818. The van der Waals surface area contributed by atoms with Gasteiger partial charge in [0.15, 0.2) is 0 Å². The van der Waals surface area contributed by atoms with E-state index in [1.807, 2.05) is 0 Å².